The molecule has 156 valence electrons. The fourth-order valence-corrected chi connectivity index (χ4v) is 4.62. The number of H-pyrrole nitrogens is 1. The lowest BCUT2D eigenvalue weighted by atomic mass is 10.0. The zero-order chi connectivity index (χ0) is 21.6. The molecule has 0 aliphatic carbocycles. The van der Waals surface area contributed by atoms with E-state index >= 15 is 0 Å². The number of ketones is 1. The molecule has 2 heterocycles. The van der Waals surface area contributed by atoms with E-state index in [-0.39, 0.29) is 27.8 Å². The zero-order valence-electron chi connectivity index (χ0n) is 16.9. The molecule has 0 radical (unpaired) electrons. The highest BCUT2D eigenvalue weighted by molar-refractivity contribution is 7.89. The van der Waals surface area contributed by atoms with Crippen LogP contribution in [0.5, 0.6) is 5.88 Å². The number of aliphatic imine (C=N–C) groups is 1. The van der Waals surface area contributed by atoms with Gasteiger partial charge in [-0.25, -0.2) is 13.4 Å². The summed E-state index contributed by atoms with van der Waals surface area (Å²) in [6, 6.07) is 11.5. The summed E-state index contributed by atoms with van der Waals surface area (Å²) in [7, 11) is 1.54. The number of carbonyl (C=O) groups is 1. The van der Waals surface area contributed by atoms with Crippen molar-refractivity contribution in [2.24, 2.45) is 4.99 Å². The zero-order valence-corrected chi connectivity index (χ0v) is 17.7. The largest absolute Gasteiger partial charge is 0.494 e. The number of carbonyl (C=O) groups excluding carboxylic acids is 1. The number of hydrogen-bond acceptors (Lipinski definition) is 6. The Bertz CT molecular complexity index is 1290. The van der Waals surface area contributed by atoms with Crippen molar-refractivity contribution < 1.29 is 18.3 Å². The highest BCUT2D eigenvalue weighted by Gasteiger charge is 2.31. The van der Waals surface area contributed by atoms with Crippen LogP contribution >= 0.6 is 0 Å². The normalized spacial score (nSPS) is 14.0. The molecule has 0 unspecified atom stereocenters. The third-order valence-corrected chi connectivity index (χ3v) is 7.01. The van der Waals surface area contributed by atoms with E-state index in [2.05, 4.69) is 9.98 Å². The fraction of sp³-hybridized carbons (Fsp3) is 0.238. The predicted octanol–water partition coefficient (Wildman–Crippen LogP) is 2.37. The van der Waals surface area contributed by atoms with Crippen LogP contribution in [0.25, 0.3) is 10.9 Å². The van der Waals surface area contributed by atoms with Gasteiger partial charge in [0.05, 0.1) is 16.1 Å². The second-order valence-electron chi connectivity index (χ2n) is 7.49. The summed E-state index contributed by atoms with van der Waals surface area (Å²) in [5, 5.41) is 10.9. The SMILES string of the molecule is CN(C)CCN(C)S(=O)(=O)c1ccc2[nH]c(O)c(C3=Nc4ccccc4C3=O)c2c1. The summed E-state index contributed by atoms with van der Waals surface area (Å²) in [5.74, 6) is -0.529. The molecule has 2 aromatic carbocycles. The van der Waals surface area contributed by atoms with Gasteiger partial charge in [-0.05, 0) is 44.4 Å². The number of rotatable bonds is 6. The number of fused-ring (bicyclic) bond motifs is 2. The van der Waals surface area contributed by atoms with Gasteiger partial charge in [0.2, 0.25) is 15.8 Å². The molecule has 30 heavy (non-hydrogen) atoms. The minimum Gasteiger partial charge on any atom is -0.494 e. The Kier molecular flexibility index (Phi) is 4.97. The van der Waals surface area contributed by atoms with Crippen molar-refractivity contribution >= 4 is 38.1 Å². The van der Waals surface area contributed by atoms with Crippen LogP contribution in [-0.4, -0.2) is 73.4 Å². The van der Waals surface area contributed by atoms with Crippen LogP contribution in [0.15, 0.2) is 52.4 Å². The number of aromatic nitrogens is 1. The lowest BCUT2D eigenvalue weighted by Crippen LogP contribution is -2.33. The van der Waals surface area contributed by atoms with Gasteiger partial charge in [0.25, 0.3) is 0 Å². The van der Waals surface area contributed by atoms with E-state index in [1.54, 1.807) is 30.3 Å². The first-order valence-electron chi connectivity index (χ1n) is 9.38. The van der Waals surface area contributed by atoms with Crippen molar-refractivity contribution in [1.82, 2.24) is 14.2 Å². The fourth-order valence-electron chi connectivity index (χ4n) is 3.43. The maximum absolute atomic E-state index is 13.0. The average molecular weight is 426 g/mol. The summed E-state index contributed by atoms with van der Waals surface area (Å²) >= 11 is 0. The third kappa shape index (κ3) is 3.30. The number of nitrogens with one attached hydrogen (secondary N) is 1. The number of aromatic amines is 1. The molecule has 9 heteroatoms. The Labute approximate surface area is 174 Å². The molecule has 8 nitrogen and oxygen atoms in total. The van der Waals surface area contributed by atoms with Gasteiger partial charge in [0.15, 0.2) is 5.88 Å². The predicted molar refractivity (Wildman–Crippen MR) is 115 cm³/mol. The number of Topliss-reactive ketones (excluding diaryl/α,β-unsaturated/α-hetero) is 1. The standard InChI is InChI=1S/C21H22N4O4S/c1-24(2)10-11-25(3)30(28,29)13-8-9-17-15(12-13)18(21(27)23-17)19-20(26)14-6-4-5-7-16(14)22-19/h4-9,12,23,27H,10-11H2,1-3H3. The maximum atomic E-state index is 13.0. The van der Waals surface area contributed by atoms with Crippen LogP contribution in [0.4, 0.5) is 5.69 Å². The van der Waals surface area contributed by atoms with Gasteiger partial charge < -0.3 is 15.0 Å². The smallest absolute Gasteiger partial charge is 0.242 e. The van der Waals surface area contributed by atoms with E-state index in [1.165, 1.54) is 23.5 Å². The number of nitrogens with zero attached hydrogens (tertiary/aromatic N) is 3. The van der Waals surface area contributed by atoms with E-state index in [4.69, 9.17) is 0 Å². The number of likely N-dealkylation sites (N-methyl/N-ethyl adjacent to an activating group) is 2. The lowest BCUT2D eigenvalue weighted by molar-refractivity contribution is 0.107. The lowest BCUT2D eigenvalue weighted by Gasteiger charge is -2.19. The molecule has 0 amide bonds. The Balaban J connectivity index is 1.79. The van der Waals surface area contributed by atoms with Gasteiger partial charge in [-0.3, -0.25) is 4.79 Å². The van der Waals surface area contributed by atoms with Gasteiger partial charge in [-0.2, -0.15) is 4.31 Å². The van der Waals surface area contributed by atoms with Gasteiger partial charge in [-0.1, -0.05) is 12.1 Å². The average Bonchev–Trinajstić information content (AvgIpc) is 3.21. The van der Waals surface area contributed by atoms with Gasteiger partial charge in [-0.15, -0.1) is 0 Å². The van der Waals surface area contributed by atoms with Crippen molar-refractivity contribution in [3.63, 3.8) is 0 Å². The summed E-state index contributed by atoms with van der Waals surface area (Å²) in [4.78, 5) is 22.0. The molecular formula is C21H22N4O4S. The third-order valence-electron chi connectivity index (χ3n) is 5.15. The molecule has 0 saturated carbocycles. The Hall–Kier alpha value is -3.01. The minimum absolute atomic E-state index is 0.0834. The van der Waals surface area contributed by atoms with E-state index in [1.807, 2.05) is 19.0 Å². The summed E-state index contributed by atoms with van der Waals surface area (Å²) in [6.45, 7) is 0.914. The molecule has 3 aromatic rings. The van der Waals surface area contributed by atoms with E-state index in [9.17, 15) is 18.3 Å². The van der Waals surface area contributed by atoms with Crippen LogP contribution in [0, 0.1) is 0 Å². The van der Waals surface area contributed by atoms with Crippen molar-refractivity contribution in [3.05, 3.63) is 53.6 Å². The van der Waals surface area contributed by atoms with E-state index in [0.717, 1.165) is 0 Å². The highest BCUT2D eigenvalue weighted by atomic mass is 32.2. The first-order chi connectivity index (χ1) is 14.2. The number of hydrogen-bond donors (Lipinski definition) is 2. The van der Waals surface area contributed by atoms with Crippen LogP contribution in [0.2, 0.25) is 0 Å². The molecule has 0 saturated heterocycles. The molecule has 4 rings (SSSR count). The second-order valence-corrected chi connectivity index (χ2v) is 9.54. The quantitative estimate of drug-likeness (QED) is 0.629. The highest BCUT2D eigenvalue weighted by Crippen LogP contribution is 2.36. The summed E-state index contributed by atoms with van der Waals surface area (Å²) in [6.07, 6.45) is 0. The van der Waals surface area contributed by atoms with Crippen LogP contribution in [-0.2, 0) is 10.0 Å². The van der Waals surface area contributed by atoms with Crippen molar-refractivity contribution in [2.45, 2.75) is 4.90 Å². The molecule has 0 spiro atoms. The van der Waals surface area contributed by atoms with E-state index in [0.29, 0.717) is 35.2 Å². The first kappa shape index (κ1) is 20.3. The number of para-hydroxylation sites is 1. The Morgan fingerprint density at radius 2 is 1.80 bits per heavy atom. The maximum Gasteiger partial charge on any atom is 0.242 e. The monoisotopic (exact) mass is 426 g/mol. The second kappa shape index (κ2) is 7.35. The topological polar surface area (TPSA) is 106 Å². The molecule has 1 aliphatic heterocycles. The Morgan fingerprint density at radius 3 is 2.50 bits per heavy atom. The first-order valence-corrected chi connectivity index (χ1v) is 10.8. The Morgan fingerprint density at radius 1 is 1.07 bits per heavy atom. The minimum atomic E-state index is -3.74. The number of sulfonamides is 1. The van der Waals surface area contributed by atoms with Crippen molar-refractivity contribution in [1.29, 1.82) is 0 Å². The van der Waals surface area contributed by atoms with Crippen LogP contribution in [0.1, 0.15) is 15.9 Å². The van der Waals surface area contributed by atoms with Gasteiger partial charge in [0.1, 0.15) is 5.71 Å². The molecule has 0 atom stereocenters. The van der Waals surface area contributed by atoms with Crippen LogP contribution in [0.3, 0.4) is 0 Å². The number of aromatic hydroxyl groups is 1. The van der Waals surface area contributed by atoms with Crippen molar-refractivity contribution in [2.75, 3.05) is 34.2 Å². The molecule has 0 fully saturated rings. The molecular weight excluding hydrogens is 404 g/mol. The number of benzene rings is 2. The van der Waals surface area contributed by atoms with Gasteiger partial charge in [0, 0.05) is 36.6 Å². The molecule has 2 N–H and O–H groups in total. The molecule has 1 aliphatic rings. The summed E-state index contributed by atoms with van der Waals surface area (Å²) in [5.41, 5.74) is 1.80. The van der Waals surface area contributed by atoms with Crippen LogP contribution < -0.4 is 0 Å². The summed E-state index contributed by atoms with van der Waals surface area (Å²) < 4.78 is 27.3. The molecule has 0 bridgehead atoms. The molecule has 1 aromatic heterocycles. The van der Waals surface area contributed by atoms with Gasteiger partial charge >= 0.3 is 0 Å². The van der Waals surface area contributed by atoms with E-state index < -0.39 is 10.0 Å². The van der Waals surface area contributed by atoms with Crippen molar-refractivity contribution in [3.8, 4) is 5.88 Å².